The molecule has 3 rings (SSSR count). The van der Waals surface area contributed by atoms with E-state index in [4.69, 9.17) is 23.2 Å². The third kappa shape index (κ3) is 3.85. The summed E-state index contributed by atoms with van der Waals surface area (Å²) in [6.07, 6.45) is 1.41. The third-order valence-corrected chi connectivity index (χ3v) is 4.87. The van der Waals surface area contributed by atoms with Gasteiger partial charge in [0, 0.05) is 22.5 Å². The number of hydrogen-bond donors (Lipinski definition) is 1. The highest BCUT2D eigenvalue weighted by atomic mass is 35.5. The molecule has 0 radical (unpaired) electrons. The zero-order valence-corrected chi connectivity index (χ0v) is 13.9. The lowest BCUT2D eigenvalue weighted by atomic mass is 10.1. The van der Waals surface area contributed by atoms with Crippen LogP contribution in [0, 0.1) is 11.7 Å². The summed E-state index contributed by atoms with van der Waals surface area (Å²) < 4.78 is 12.9. The Morgan fingerprint density at radius 3 is 2.43 bits per heavy atom. The Kier molecular flexibility index (Phi) is 4.88. The molecule has 0 aromatic heterocycles. The van der Waals surface area contributed by atoms with Crippen molar-refractivity contribution < 1.29 is 9.18 Å². The van der Waals surface area contributed by atoms with Crippen molar-refractivity contribution in [1.82, 2.24) is 5.32 Å². The second-order valence-electron chi connectivity index (χ2n) is 5.74. The summed E-state index contributed by atoms with van der Waals surface area (Å²) in [5, 5.41) is 4.15. The summed E-state index contributed by atoms with van der Waals surface area (Å²) >= 11 is 12.2. The quantitative estimate of drug-likeness (QED) is 0.838. The Labute approximate surface area is 144 Å². The molecule has 23 heavy (non-hydrogen) atoms. The molecule has 2 unspecified atom stereocenters. The molecule has 1 N–H and O–H groups in total. The number of benzene rings is 2. The van der Waals surface area contributed by atoms with E-state index in [1.54, 1.807) is 30.3 Å². The normalized spacial score (nSPS) is 19.4. The monoisotopic (exact) mass is 351 g/mol. The molecule has 1 fully saturated rings. The molecule has 0 heterocycles. The van der Waals surface area contributed by atoms with Crippen LogP contribution in [0.1, 0.15) is 23.5 Å². The molecule has 2 atom stereocenters. The van der Waals surface area contributed by atoms with Crippen molar-refractivity contribution in [3.63, 3.8) is 0 Å². The lowest BCUT2D eigenvalue weighted by Gasteiger charge is -2.08. The van der Waals surface area contributed by atoms with Gasteiger partial charge < -0.3 is 5.32 Å². The first-order valence-corrected chi connectivity index (χ1v) is 8.28. The van der Waals surface area contributed by atoms with E-state index < -0.39 is 0 Å². The number of nitrogens with one attached hydrogen (secondary N) is 1. The van der Waals surface area contributed by atoms with Crippen LogP contribution in [0.5, 0.6) is 0 Å². The fourth-order valence-corrected chi connectivity index (χ4v) is 3.36. The first-order valence-electron chi connectivity index (χ1n) is 7.52. The number of halogens is 3. The Morgan fingerprint density at radius 1 is 1.13 bits per heavy atom. The first-order chi connectivity index (χ1) is 11.1. The molecule has 2 aromatic rings. The van der Waals surface area contributed by atoms with Crippen molar-refractivity contribution in [2.45, 2.75) is 18.8 Å². The molecule has 2 aromatic carbocycles. The van der Waals surface area contributed by atoms with Crippen LogP contribution in [0.3, 0.4) is 0 Å². The summed E-state index contributed by atoms with van der Waals surface area (Å²) in [5.41, 5.74) is 1.86. The van der Waals surface area contributed by atoms with Crippen LogP contribution in [0.4, 0.5) is 4.39 Å². The standard InChI is InChI=1S/C18H16Cl2FNO/c19-16-2-1-3-17(20)13(16)8-9-22-18(23)15-10-14(15)11-4-6-12(21)7-5-11/h1-7,14-15H,8-10H2,(H,22,23). The average Bonchev–Trinajstić information content (AvgIpc) is 3.31. The van der Waals surface area contributed by atoms with Crippen LogP contribution in [-0.4, -0.2) is 12.5 Å². The lowest BCUT2D eigenvalue weighted by Crippen LogP contribution is -2.27. The zero-order valence-electron chi connectivity index (χ0n) is 12.4. The second-order valence-corrected chi connectivity index (χ2v) is 6.56. The number of carbonyl (C=O) groups is 1. The minimum atomic E-state index is -0.257. The maximum absolute atomic E-state index is 12.9. The van der Waals surface area contributed by atoms with Gasteiger partial charge in [-0.15, -0.1) is 0 Å². The van der Waals surface area contributed by atoms with E-state index in [-0.39, 0.29) is 23.6 Å². The fourth-order valence-electron chi connectivity index (χ4n) is 2.78. The van der Waals surface area contributed by atoms with E-state index in [1.807, 2.05) is 0 Å². The van der Waals surface area contributed by atoms with Crippen LogP contribution in [-0.2, 0) is 11.2 Å². The van der Waals surface area contributed by atoms with Crippen LogP contribution in [0.25, 0.3) is 0 Å². The van der Waals surface area contributed by atoms with Crippen LogP contribution < -0.4 is 5.32 Å². The molecular formula is C18H16Cl2FNO. The summed E-state index contributed by atoms with van der Waals surface area (Å²) in [5.74, 6) is -0.0591. The Bertz CT molecular complexity index is 697. The predicted molar refractivity (Wildman–Crippen MR) is 90.4 cm³/mol. The number of amides is 1. The van der Waals surface area contributed by atoms with E-state index in [0.717, 1.165) is 17.5 Å². The Hall–Kier alpha value is -1.58. The van der Waals surface area contributed by atoms with Crippen molar-refractivity contribution >= 4 is 29.1 Å². The number of rotatable bonds is 5. The largest absolute Gasteiger partial charge is 0.356 e. The Morgan fingerprint density at radius 2 is 1.78 bits per heavy atom. The van der Waals surface area contributed by atoms with Crippen molar-refractivity contribution in [3.05, 3.63) is 69.5 Å². The van der Waals surface area contributed by atoms with Gasteiger partial charge in [-0.05, 0) is 54.2 Å². The molecule has 1 amide bonds. The summed E-state index contributed by atoms with van der Waals surface area (Å²) in [4.78, 5) is 12.2. The fraction of sp³-hybridized carbons (Fsp3) is 0.278. The highest BCUT2D eigenvalue weighted by molar-refractivity contribution is 6.35. The number of carbonyl (C=O) groups excluding carboxylic acids is 1. The third-order valence-electron chi connectivity index (χ3n) is 4.16. The van der Waals surface area contributed by atoms with Crippen LogP contribution in [0.2, 0.25) is 10.0 Å². The Balaban J connectivity index is 1.50. The molecular weight excluding hydrogens is 336 g/mol. The molecule has 1 saturated carbocycles. The highest BCUT2D eigenvalue weighted by Crippen LogP contribution is 2.47. The van der Waals surface area contributed by atoms with Gasteiger partial charge in [-0.2, -0.15) is 0 Å². The first kappa shape index (κ1) is 16.3. The van der Waals surface area contributed by atoms with E-state index in [1.165, 1.54) is 12.1 Å². The topological polar surface area (TPSA) is 29.1 Å². The molecule has 0 spiro atoms. The molecule has 1 aliphatic rings. The van der Waals surface area contributed by atoms with Crippen molar-refractivity contribution in [3.8, 4) is 0 Å². The zero-order chi connectivity index (χ0) is 16.4. The van der Waals surface area contributed by atoms with Gasteiger partial charge >= 0.3 is 0 Å². The molecule has 5 heteroatoms. The van der Waals surface area contributed by atoms with E-state index in [0.29, 0.717) is 23.0 Å². The van der Waals surface area contributed by atoms with E-state index >= 15 is 0 Å². The summed E-state index contributed by atoms with van der Waals surface area (Å²) in [7, 11) is 0. The van der Waals surface area contributed by atoms with Crippen molar-refractivity contribution in [1.29, 1.82) is 0 Å². The van der Waals surface area contributed by atoms with Crippen molar-refractivity contribution in [2.75, 3.05) is 6.54 Å². The molecule has 0 saturated heterocycles. The van der Waals surface area contributed by atoms with Gasteiger partial charge in [-0.25, -0.2) is 4.39 Å². The SMILES string of the molecule is O=C(NCCc1c(Cl)cccc1Cl)C1CC1c1ccc(F)cc1. The van der Waals surface area contributed by atoms with Gasteiger partial charge in [0.1, 0.15) is 5.82 Å². The minimum absolute atomic E-state index is 0.0258. The maximum Gasteiger partial charge on any atom is 0.223 e. The van der Waals surface area contributed by atoms with Crippen LogP contribution >= 0.6 is 23.2 Å². The molecule has 0 bridgehead atoms. The van der Waals surface area contributed by atoms with Gasteiger partial charge in [0.05, 0.1) is 0 Å². The number of hydrogen-bond acceptors (Lipinski definition) is 1. The van der Waals surface area contributed by atoms with Gasteiger partial charge in [-0.3, -0.25) is 4.79 Å². The lowest BCUT2D eigenvalue weighted by molar-refractivity contribution is -0.122. The molecule has 1 aliphatic carbocycles. The smallest absolute Gasteiger partial charge is 0.223 e. The maximum atomic E-state index is 12.9. The van der Waals surface area contributed by atoms with E-state index in [9.17, 15) is 9.18 Å². The summed E-state index contributed by atoms with van der Waals surface area (Å²) in [6, 6.07) is 11.7. The summed E-state index contributed by atoms with van der Waals surface area (Å²) in [6.45, 7) is 0.495. The minimum Gasteiger partial charge on any atom is -0.356 e. The molecule has 2 nitrogen and oxygen atoms in total. The van der Waals surface area contributed by atoms with Crippen LogP contribution in [0.15, 0.2) is 42.5 Å². The van der Waals surface area contributed by atoms with Crippen molar-refractivity contribution in [2.24, 2.45) is 5.92 Å². The average molecular weight is 352 g/mol. The molecule has 120 valence electrons. The highest BCUT2D eigenvalue weighted by Gasteiger charge is 2.43. The second kappa shape index (κ2) is 6.90. The van der Waals surface area contributed by atoms with Gasteiger partial charge in [0.25, 0.3) is 0 Å². The van der Waals surface area contributed by atoms with Gasteiger partial charge in [-0.1, -0.05) is 41.4 Å². The predicted octanol–water partition coefficient (Wildman–Crippen LogP) is 4.59. The molecule has 0 aliphatic heterocycles. The van der Waals surface area contributed by atoms with Gasteiger partial charge in [0.15, 0.2) is 0 Å². The van der Waals surface area contributed by atoms with E-state index in [2.05, 4.69) is 5.32 Å². The van der Waals surface area contributed by atoms with Gasteiger partial charge in [0.2, 0.25) is 5.91 Å².